The molecule has 2 fully saturated rings. The second-order valence-corrected chi connectivity index (χ2v) is 7.79. The fourth-order valence-electron chi connectivity index (χ4n) is 3.23. The molecule has 23 heavy (non-hydrogen) atoms. The first-order chi connectivity index (χ1) is 10.8. The van der Waals surface area contributed by atoms with Crippen LogP contribution in [0.2, 0.25) is 0 Å². The second kappa shape index (κ2) is 5.61. The quantitative estimate of drug-likeness (QED) is 0.829. The Labute approximate surface area is 134 Å². The molecule has 1 aromatic carbocycles. The first kappa shape index (κ1) is 15.9. The smallest absolute Gasteiger partial charge is 0.308 e. The molecule has 2 aliphatic rings. The van der Waals surface area contributed by atoms with Crippen molar-refractivity contribution in [2.45, 2.75) is 17.7 Å². The van der Waals surface area contributed by atoms with Crippen LogP contribution in [0.5, 0.6) is 0 Å². The molecule has 0 spiro atoms. The molecule has 0 bridgehead atoms. The molecule has 3 rings (SSSR count). The molecule has 1 aliphatic heterocycles. The standard InChI is InChI=1S/C15H18N2O5S/c16-23(21,22)11-5-3-10(4-6-11)14(18)17-7-12(9-1-2-9)13(8-17)15(19)20/h3-6,9,12-13H,1-2,7-8H2,(H,19,20)(H2,16,21,22)/t12-,13+/m1/s1. The number of amides is 1. The van der Waals surface area contributed by atoms with Gasteiger partial charge in [-0.1, -0.05) is 0 Å². The van der Waals surface area contributed by atoms with Gasteiger partial charge in [-0.15, -0.1) is 0 Å². The molecule has 0 unspecified atom stereocenters. The Bertz CT molecular complexity index is 740. The Kier molecular flexibility index (Phi) is 3.89. The monoisotopic (exact) mass is 338 g/mol. The van der Waals surface area contributed by atoms with Crippen LogP contribution in [0.4, 0.5) is 0 Å². The van der Waals surface area contributed by atoms with Gasteiger partial charge in [0.2, 0.25) is 10.0 Å². The summed E-state index contributed by atoms with van der Waals surface area (Å²) in [6.07, 6.45) is 2.05. The van der Waals surface area contributed by atoms with E-state index in [1.54, 1.807) is 4.90 Å². The summed E-state index contributed by atoms with van der Waals surface area (Å²) in [6, 6.07) is 5.38. The molecular formula is C15H18N2O5S. The van der Waals surface area contributed by atoms with Gasteiger partial charge < -0.3 is 10.0 Å². The highest BCUT2D eigenvalue weighted by Gasteiger charge is 2.46. The van der Waals surface area contributed by atoms with Gasteiger partial charge in [0.15, 0.2) is 0 Å². The summed E-state index contributed by atoms with van der Waals surface area (Å²) in [6.45, 7) is 0.643. The van der Waals surface area contributed by atoms with Gasteiger partial charge in [-0.2, -0.15) is 0 Å². The van der Waals surface area contributed by atoms with Crippen LogP contribution < -0.4 is 5.14 Å². The molecule has 2 atom stereocenters. The number of nitrogens with zero attached hydrogens (tertiary/aromatic N) is 1. The van der Waals surface area contributed by atoms with Gasteiger partial charge in [0.05, 0.1) is 10.8 Å². The van der Waals surface area contributed by atoms with E-state index in [4.69, 9.17) is 5.14 Å². The molecule has 1 heterocycles. The van der Waals surface area contributed by atoms with Crippen molar-refractivity contribution in [2.24, 2.45) is 22.9 Å². The molecule has 1 amide bonds. The maximum Gasteiger partial charge on any atom is 0.308 e. The number of hydrogen-bond acceptors (Lipinski definition) is 4. The van der Waals surface area contributed by atoms with E-state index >= 15 is 0 Å². The van der Waals surface area contributed by atoms with Crippen molar-refractivity contribution in [1.82, 2.24) is 4.90 Å². The molecule has 0 radical (unpaired) electrons. The highest BCUT2D eigenvalue weighted by molar-refractivity contribution is 7.89. The first-order valence-corrected chi connectivity index (χ1v) is 8.97. The zero-order valence-corrected chi connectivity index (χ0v) is 13.2. The van der Waals surface area contributed by atoms with Crippen LogP contribution in [0.25, 0.3) is 0 Å². The molecule has 0 aromatic heterocycles. The van der Waals surface area contributed by atoms with E-state index in [0.29, 0.717) is 18.0 Å². The Balaban J connectivity index is 1.77. The summed E-state index contributed by atoms with van der Waals surface area (Å²) in [5, 5.41) is 14.4. The highest BCUT2D eigenvalue weighted by Crippen LogP contribution is 2.44. The van der Waals surface area contributed by atoms with E-state index in [1.807, 2.05) is 0 Å². The van der Waals surface area contributed by atoms with E-state index in [2.05, 4.69) is 0 Å². The maximum absolute atomic E-state index is 12.5. The minimum atomic E-state index is -3.80. The molecule has 1 saturated carbocycles. The molecule has 1 saturated heterocycles. The number of benzene rings is 1. The van der Waals surface area contributed by atoms with Crippen molar-refractivity contribution in [2.75, 3.05) is 13.1 Å². The number of carboxylic acid groups (broad SMARTS) is 1. The lowest BCUT2D eigenvalue weighted by atomic mass is 9.92. The van der Waals surface area contributed by atoms with Crippen LogP contribution in [-0.4, -0.2) is 43.4 Å². The zero-order chi connectivity index (χ0) is 16.8. The van der Waals surface area contributed by atoms with Gasteiger partial charge in [0.1, 0.15) is 0 Å². The Morgan fingerprint density at radius 2 is 1.74 bits per heavy atom. The van der Waals surface area contributed by atoms with Gasteiger partial charge in [-0.25, -0.2) is 13.6 Å². The first-order valence-electron chi connectivity index (χ1n) is 7.42. The van der Waals surface area contributed by atoms with E-state index in [1.165, 1.54) is 24.3 Å². The zero-order valence-electron chi connectivity index (χ0n) is 12.4. The van der Waals surface area contributed by atoms with Crippen LogP contribution in [0.15, 0.2) is 29.2 Å². The minimum Gasteiger partial charge on any atom is -0.481 e. The number of carbonyl (C=O) groups is 2. The third kappa shape index (κ3) is 3.23. The average Bonchev–Trinajstić information content (AvgIpc) is 3.24. The predicted molar refractivity (Wildman–Crippen MR) is 81.1 cm³/mol. The summed E-state index contributed by atoms with van der Waals surface area (Å²) >= 11 is 0. The molecule has 3 N–H and O–H groups in total. The van der Waals surface area contributed by atoms with Gasteiger partial charge >= 0.3 is 5.97 Å². The number of carboxylic acids is 1. The molecule has 7 nitrogen and oxygen atoms in total. The number of carbonyl (C=O) groups excluding carboxylic acids is 1. The van der Waals surface area contributed by atoms with Crippen LogP contribution in [0.3, 0.4) is 0 Å². The third-order valence-corrected chi connectivity index (χ3v) is 5.56. The fraction of sp³-hybridized carbons (Fsp3) is 0.467. The van der Waals surface area contributed by atoms with Crippen molar-refractivity contribution in [1.29, 1.82) is 0 Å². The summed E-state index contributed by atoms with van der Waals surface area (Å²) in [4.78, 5) is 25.4. The van der Waals surface area contributed by atoms with Crippen molar-refractivity contribution in [3.8, 4) is 0 Å². The highest BCUT2D eigenvalue weighted by atomic mass is 32.2. The lowest BCUT2D eigenvalue weighted by Gasteiger charge is -2.16. The number of sulfonamides is 1. The van der Waals surface area contributed by atoms with Crippen molar-refractivity contribution < 1.29 is 23.1 Å². The van der Waals surface area contributed by atoms with E-state index in [-0.39, 0.29) is 23.3 Å². The molecule has 1 aliphatic carbocycles. The SMILES string of the molecule is NS(=O)(=O)c1ccc(C(=O)N2C[C@H](C(=O)O)[C@@H](C3CC3)C2)cc1. The second-order valence-electron chi connectivity index (χ2n) is 6.23. The maximum atomic E-state index is 12.5. The normalized spacial score (nSPS) is 24.7. The van der Waals surface area contributed by atoms with Gasteiger partial charge in [0, 0.05) is 18.7 Å². The van der Waals surface area contributed by atoms with E-state index < -0.39 is 21.9 Å². The van der Waals surface area contributed by atoms with Crippen LogP contribution in [0, 0.1) is 17.8 Å². The number of rotatable bonds is 4. The summed E-state index contributed by atoms with van der Waals surface area (Å²) in [5.41, 5.74) is 0.331. The summed E-state index contributed by atoms with van der Waals surface area (Å²) in [5.74, 6) is -1.24. The topological polar surface area (TPSA) is 118 Å². The van der Waals surface area contributed by atoms with Crippen molar-refractivity contribution in [3.05, 3.63) is 29.8 Å². The lowest BCUT2D eigenvalue weighted by Crippen LogP contribution is -2.30. The minimum absolute atomic E-state index is 0.0140. The van der Waals surface area contributed by atoms with E-state index in [0.717, 1.165) is 12.8 Å². The largest absolute Gasteiger partial charge is 0.481 e. The summed E-state index contributed by atoms with van der Waals surface area (Å²) < 4.78 is 22.5. The number of likely N-dealkylation sites (tertiary alicyclic amines) is 1. The molecule has 1 aromatic rings. The van der Waals surface area contributed by atoms with Gasteiger partial charge in [-0.3, -0.25) is 9.59 Å². The average molecular weight is 338 g/mol. The fourth-order valence-corrected chi connectivity index (χ4v) is 3.74. The Morgan fingerprint density at radius 3 is 2.22 bits per heavy atom. The Hall–Kier alpha value is -1.93. The van der Waals surface area contributed by atoms with Crippen LogP contribution >= 0.6 is 0 Å². The molecule has 124 valence electrons. The number of nitrogens with two attached hydrogens (primary N) is 1. The number of aliphatic carboxylic acids is 1. The van der Waals surface area contributed by atoms with Gasteiger partial charge in [-0.05, 0) is 48.9 Å². The molecular weight excluding hydrogens is 320 g/mol. The van der Waals surface area contributed by atoms with Crippen molar-refractivity contribution in [3.63, 3.8) is 0 Å². The van der Waals surface area contributed by atoms with Gasteiger partial charge in [0.25, 0.3) is 5.91 Å². The summed E-state index contributed by atoms with van der Waals surface area (Å²) in [7, 11) is -3.80. The third-order valence-electron chi connectivity index (χ3n) is 4.63. The van der Waals surface area contributed by atoms with E-state index in [9.17, 15) is 23.1 Å². The lowest BCUT2D eigenvalue weighted by molar-refractivity contribution is -0.142. The molecule has 8 heteroatoms. The Morgan fingerprint density at radius 1 is 1.13 bits per heavy atom. The number of hydrogen-bond donors (Lipinski definition) is 2. The van der Waals surface area contributed by atoms with Crippen LogP contribution in [-0.2, 0) is 14.8 Å². The van der Waals surface area contributed by atoms with Crippen molar-refractivity contribution >= 4 is 21.9 Å². The predicted octanol–water partition coefficient (Wildman–Crippen LogP) is 0.517. The number of primary sulfonamides is 1. The van der Waals surface area contributed by atoms with Crippen LogP contribution in [0.1, 0.15) is 23.2 Å².